The number of hydrogen-bond acceptors (Lipinski definition) is 6. The highest BCUT2D eigenvalue weighted by atomic mass is 16.5. The molecule has 8 nitrogen and oxygen atoms in total. The summed E-state index contributed by atoms with van der Waals surface area (Å²) in [7, 11) is 1.60. The number of methoxy groups -OCH3 is 1. The van der Waals surface area contributed by atoms with Crippen molar-refractivity contribution < 1.29 is 14.3 Å². The normalized spacial score (nSPS) is 15.2. The predicted octanol–water partition coefficient (Wildman–Crippen LogP) is 3.64. The maximum atomic E-state index is 12.6. The molecular weight excluding hydrogens is 394 g/mol. The molecule has 0 fully saturated rings. The number of nitrogens with one attached hydrogen (secondary N) is 1. The molecule has 0 spiro atoms. The first-order valence-corrected chi connectivity index (χ1v) is 10.0. The van der Waals surface area contributed by atoms with Crippen molar-refractivity contribution in [2.75, 3.05) is 19.0 Å². The zero-order valence-corrected chi connectivity index (χ0v) is 18.1. The number of ether oxygens (including phenoxy) is 2. The van der Waals surface area contributed by atoms with Crippen molar-refractivity contribution in [2.45, 2.75) is 33.1 Å². The summed E-state index contributed by atoms with van der Waals surface area (Å²) in [5, 5.41) is 7.63. The molecule has 0 aliphatic carbocycles. The van der Waals surface area contributed by atoms with E-state index in [1.165, 1.54) is 0 Å². The standard InChI is InChI=1S/C23H25N5O3/c1-6-9-31-18-8-7-16(11-19(18)30-5)17-12-20(29)26-22-21(17)15(4)27-28(22)23-24-13(2)10-14(3)25-23/h6-8,10-11,17H,1,9,12H2,2-5H3,(H,26,29)/t17-/m0/s1. The van der Waals surface area contributed by atoms with Crippen LogP contribution in [0.3, 0.4) is 0 Å². The Balaban J connectivity index is 1.81. The van der Waals surface area contributed by atoms with E-state index in [1.54, 1.807) is 17.9 Å². The van der Waals surface area contributed by atoms with Crippen LogP contribution in [0.15, 0.2) is 36.9 Å². The van der Waals surface area contributed by atoms with Crippen LogP contribution in [0.4, 0.5) is 5.82 Å². The van der Waals surface area contributed by atoms with E-state index < -0.39 is 0 Å². The third kappa shape index (κ3) is 3.88. The molecule has 1 aliphatic rings. The number of carbonyl (C=O) groups excluding carboxylic acids is 1. The highest BCUT2D eigenvalue weighted by Gasteiger charge is 2.33. The fourth-order valence-electron chi connectivity index (χ4n) is 3.95. The molecule has 1 N–H and O–H groups in total. The molecule has 8 heteroatoms. The number of aryl methyl sites for hydroxylation is 3. The molecule has 1 aromatic carbocycles. The van der Waals surface area contributed by atoms with Gasteiger partial charge in [0.15, 0.2) is 11.5 Å². The Bertz CT molecular complexity index is 1150. The van der Waals surface area contributed by atoms with Crippen LogP contribution in [-0.2, 0) is 4.79 Å². The summed E-state index contributed by atoms with van der Waals surface area (Å²) in [5.74, 6) is 2.01. The number of aromatic nitrogens is 4. The van der Waals surface area contributed by atoms with Crippen LogP contribution in [0.2, 0.25) is 0 Å². The van der Waals surface area contributed by atoms with Crippen molar-refractivity contribution >= 4 is 11.7 Å². The minimum atomic E-state index is -0.175. The number of rotatable bonds is 6. The Kier molecular flexibility index (Phi) is 5.46. The summed E-state index contributed by atoms with van der Waals surface area (Å²) in [6.07, 6.45) is 1.99. The lowest BCUT2D eigenvalue weighted by Gasteiger charge is -2.25. The van der Waals surface area contributed by atoms with E-state index in [0.29, 0.717) is 36.3 Å². The maximum absolute atomic E-state index is 12.6. The summed E-state index contributed by atoms with van der Waals surface area (Å²) in [4.78, 5) is 21.7. The van der Waals surface area contributed by atoms with Crippen LogP contribution < -0.4 is 14.8 Å². The lowest BCUT2D eigenvalue weighted by atomic mass is 9.85. The molecule has 0 radical (unpaired) electrons. The van der Waals surface area contributed by atoms with E-state index in [-0.39, 0.29) is 11.8 Å². The predicted molar refractivity (Wildman–Crippen MR) is 117 cm³/mol. The quantitative estimate of drug-likeness (QED) is 0.614. The van der Waals surface area contributed by atoms with Gasteiger partial charge in [-0.15, -0.1) is 0 Å². The summed E-state index contributed by atoms with van der Waals surface area (Å²) in [5.41, 5.74) is 4.38. The number of nitrogens with zero attached hydrogens (tertiary/aromatic N) is 4. The van der Waals surface area contributed by atoms with E-state index >= 15 is 0 Å². The first kappa shape index (κ1) is 20.6. The molecule has 1 amide bonds. The Hall–Kier alpha value is -3.68. The Morgan fingerprint density at radius 1 is 1.19 bits per heavy atom. The lowest BCUT2D eigenvalue weighted by Crippen LogP contribution is -2.25. The number of fused-ring (bicyclic) bond motifs is 1. The average molecular weight is 419 g/mol. The van der Waals surface area contributed by atoms with Crippen molar-refractivity contribution in [1.29, 1.82) is 0 Å². The molecule has 1 atom stereocenters. The summed E-state index contributed by atoms with van der Waals surface area (Å²) >= 11 is 0. The molecule has 31 heavy (non-hydrogen) atoms. The third-order valence-corrected chi connectivity index (χ3v) is 5.21. The molecule has 3 heterocycles. The smallest absolute Gasteiger partial charge is 0.252 e. The topological polar surface area (TPSA) is 91.2 Å². The van der Waals surface area contributed by atoms with E-state index in [1.807, 2.05) is 45.0 Å². The van der Waals surface area contributed by atoms with E-state index in [9.17, 15) is 4.79 Å². The van der Waals surface area contributed by atoms with Crippen LogP contribution in [0.25, 0.3) is 5.95 Å². The largest absolute Gasteiger partial charge is 0.493 e. The highest BCUT2D eigenvalue weighted by molar-refractivity contribution is 5.95. The average Bonchev–Trinajstić information content (AvgIpc) is 3.07. The van der Waals surface area contributed by atoms with E-state index in [0.717, 1.165) is 28.2 Å². The minimum absolute atomic E-state index is 0.0889. The van der Waals surface area contributed by atoms with Crippen molar-refractivity contribution in [3.63, 3.8) is 0 Å². The number of hydrogen-bond donors (Lipinski definition) is 1. The molecular formula is C23H25N5O3. The van der Waals surface area contributed by atoms with Crippen molar-refractivity contribution in [2.24, 2.45) is 0 Å². The van der Waals surface area contributed by atoms with Gasteiger partial charge in [0.2, 0.25) is 5.91 Å². The molecule has 1 aliphatic heterocycles. The molecule has 160 valence electrons. The Morgan fingerprint density at radius 3 is 2.61 bits per heavy atom. The zero-order valence-electron chi connectivity index (χ0n) is 18.1. The van der Waals surface area contributed by atoms with Crippen LogP contribution >= 0.6 is 0 Å². The molecule has 0 unspecified atom stereocenters. The van der Waals surface area contributed by atoms with Gasteiger partial charge >= 0.3 is 0 Å². The van der Waals surface area contributed by atoms with Crippen LogP contribution in [-0.4, -0.2) is 39.4 Å². The van der Waals surface area contributed by atoms with Crippen molar-refractivity contribution in [3.05, 3.63) is 65.1 Å². The number of anilines is 1. The van der Waals surface area contributed by atoms with Crippen molar-refractivity contribution in [1.82, 2.24) is 19.7 Å². The van der Waals surface area contributed by atoms with Gasteiger partial charge in [0.05, 0.1) is 12.8 Å². The minimum Gasteiger partial charge on any atom is -0.493 e. The first-order chi connectivity index (χ1) is 14.9. The SMILES string of the molecule is C=CCOc1ccc([C@@H]2CC(=O)Nc3c2c(C)nn3-c2nc(C)cc(C)n2)cc1OC. The number of carbonyl (C=O) groups is 1. The summed E-state index contributed by atoms with van der Waals surface area (Å²) < 4.78 is 12.8. The Labute approximate surface area is 180 Å². The van der Waals surface area contributed by atoms with Crippen LogP contribution in [0.1, 0.15) is 40.5 Å². The van der Waals surface area contributed by atoms with Crippen LogP contribution in [0, 0.1) is 20.8 Å². The number of benzene rings is 1. The molecule has 0 saturated heterocycles. The van der Waals surface area contributed by atoms with Gasteiger partial charge in [-0.1, -0.05) is 18.7 Å². The zero-order chi connectivity index (χ0) is 22.1. The molecule has 2 aromatic heterocycles. The van der Waals surface area contributed by atoms with Gasteiger partial charge in [-0.3, -0.25) is 4.79 Å². The van der Waals surface area contributed by atoms with E-state index in [4.69, 9.17) is 9.47 Å². The van der Waals surface area contributed by atoms with Gasteiger partial charge in [-0.05, 0) is 44.5 Å². The highest BCUT2D eigenvalue weighted by Crippen LogP contribution is 2.42. The molecule has 0 saturated carbocycles. The summed E-state index contributed by atoms with van der Waals surface area (Å²) in [6.45, 7) is 9.80. The second kappa shape index (κ2) is 8.22. The first-order valence-electron chi connectivity index (χ1n) is 10.0. The molecule has 3 aromatic rings. The van der Waals surface area contributed by atoms with Gasteiger partial charge < -0.3 is 14.8 Å². The van der Waals surface area contributed by atoms with E-state index in [2.05, 4.69) is 27.0 Å². The van der Waals surface area contributed by atoms with Gasteiger partial charge in [0, 0.05) is 29.3 Å². The maximum Gasteiger partial charge on any atom is 0.252 e. The lowest BCUT2D eigenvalue weighted by molar-refractivity contribution is -0.116. The van der Waals surface area contributed by atoms with Crippen LogP contribution in [0.5, 0.6) is 11.5 Å². The van der Waals surface area contributed by atoms with Gasteiger partial charge in [0.25, 0.3) is 5.95 Å². The second-order valence-electron chi connectivity index (χ2n) is 7.53. The number of amides is 1. The fraction of sp³-hybridized carbons (Fsp3) is 0.304. The molecule has 0 bridgehead atoms. The molecule has 4 rings (SSSR count). The van der Waals surface area contributed by atoms with Crippen molar-refractivity contribution in [3.8, 4) is 17.4 Å². The summed E-state index contributed by atoms with van der Waals surface area (Å²) in [6, 6.07) is 7.63. The third-order valence-electron chi connectivity index (χ3n) is 5.21. The fourth-order valence-corrected chi connectivity index (χ4v) is 3.95. The Morgan fingerprint density at radius 2 is 1.94 bits per heavy atom. The second-order valence-corrected chi connectivity index (χ2v) is 7.53. The van der Waals surface area contributed by atoms with Gasteiger partial charge in [-0.25, -0.2) is 9.97 Å². The van der Waals surface area contributed by atoms with Gasteiger partial charge in [-0.2, -0.15) is 9.78 Å². The monoisotopic (exact) mass is 419 g/mol. The van der Waals surface area contributed by atoms with Gasteiger partial charge in [0.1, 0.15) is 12.4 Å².